The standard InChI is InChI=1S/C14H27N3O4/c1-9(2)8-16-10(18)6-7-15-13(21)17-11(12(19)20)14(3,4)5/h9,11H,6-8H2,1-5H3,(H,16,18)(H,19,20)(H2,15,17,21)/t11-/m0/s1. The number of rotatable bonds is 7. The minimum atomic E-state index is -1.09. The Morgan fingerprint density at radius 2 is 1.67 bits per heavy atom. The Labute approximate surface area is 125 Å². The molecule has 0 bridgehead atoms. The molecular weight excluding hydrogens is 274 g/mol. The summed E-state index contributed by atoms with van der Waals surface area (Å²) < 4.78 is 0. The normalized spacial score (nSPS) is 12.7. The van der Waals surface area contributed by atoms with Gasteiger partial charge in [-0.05, 0) is 11.3 Å². The third-order valence-electron chi connectivity index (χ3n) is 2.73. The first-order valence-electron chi connectivity index (χ1n) is 7.08. The highest BCUT2D eigenvalue weighted by Crippen LogP contribution is 2.19. The monoisotopic (exact) mass is 301 g/mol. The molecule has 0 saturated heterocycles. The lowest BCUT2D eigenvalue weighted by Crippen LogP contribution is -2.52. The maximum atomic E-state index is 11.6. The van der Waals surface area contributed by atoms with E-state index in [0.717, 1.165) is 0 Å². The summed E-state index contributed by atoms with van der Waals surface area (Å²) in [4.78, 5) is 34.2. The highest BCUT2D eigenvalue weighted by atomic mass is 16.4. The van der Waals surface area contributed by atoms with Gasteiger partial charge >= 0.3 is 12.0 Å². The van der Waals surface area contributed by atoms with Crippen LogP contribution in [-0.2, 0) is 9.59 Å². The van der Waals surface area contributed by atoms with Gasteiger partial charge in [0.2, 0.25) is 5.91 Å². The van der Waals surface area contributed by atoms with Crippen LogP contribution >= 0.6 is 0 Å². The van der Waals surface area contributed by atoms with Gasteiger partial charge in [0, 0.05) is 19.5 Å². The number of carboxylic acids is 1. The third kappa shape index (κ3) is 8.88. The SMILES string of the molecule is CC(C)CNC(=O)CCNC(=O)N[C@@H](C(=O)O)C(C)(C)C. The van der Waals surface area contributed by atoms with Crippen LogP contribution in [0, 0.1) is 11.3 Å². The van der Waals surface area contributed by atoms with E-state index >= 15 is 0 Å². The predicted octanol–water partition coefficient (Wildman–Crippen LogP) is 0.947. The van der Waals surface area contributed by atoms with Crippen molar-refractivity contribution >= 4 is 17.9 Å². The summed E-state index contributed by atoms with van der Waals surface area (Å²) >= 11 is 0. The fraction of sp³-hybridized carbons (Fsp3) is 0.786. The van der Waals surface area contributed by atoms with Crippen molar-refractivity contribution in [2.24, 2.45) is 11.3 Å². The lowest BCUT2D eigenvalue weighted by molar-refractivity contribution is -0.141. The van der Waals surface area contributed by atoms with Gasteiger partial charge in [-0.15, -0.1) is 0 Å². The smallest absolute Gasteiger partial charge is 0.326 e. The van der Waals surface area contributed by atoms with Crippen molar-refractivity contribution in [3.05, 3.63) is 0 Å². The second kappa shape index (κ2) is 8.49. The summed E-state index contributed by atoms with van der Waals surface area (Å²) in [5.41, 5.74) is -0.599. The quantitative estimate of drug-likeness (QED) is 0.561. The van der Waals surface area contributed by atoms with Crippen LogP contribution in [0.3, 0.4) is 0 Å². The molecule has 122 valence electrons. The molecule has 0 heterocycles. The van der Waals surface area contributed by atoms with Gasteiger partial charge in [-0.3, -0.25) is 4.79 Å². The number of carboxylic acid groups (broad SMARTS) is 1. The summed E-state index contributed by atoms with van der Waals surface area (Å²) in [6, 6.07) is -1.58. The molecule has 7 nitrogen and oxygen atoms in total. The predicted molar refractivity (Wildman–Crippen MR) is 79.9 cm³/mol. The summed E-state index contributed by atoms with van der Waals surface area (Å²) in [5, 5.41) is 16.7. The number of hydrogen-bond donors (Lipinski definition) is 4. The number of carbonyl (C=O) groups is 3. The molecule has 0 aliphatic carbocycles. The first-order valence-corrected chi connectivity index (χ1v) is 7.08. The van der Waals surface area contributed by atoms with Gasteiger partial charge in [-0.25, -0.2) is 9.59 Å². The molecule has 3 amide bonds. The topological polar surface area (TPSA) is 108 Å². The highest BCUT2D eigenvalue weighted by Gasteiger charge is 2.32. The van der Waals surface area contributed by atoms with E-state index in [4.69, 9.17) is 5.11 Å². The zero-order chi connectivity index (χ0) is 16.6. The molecule has 0 aromatic rings. The molecule has 0 spiro atoms. The van der Waals surface area contributed by atoms with E-state index < -0.39 is 23.5 Å². The molecule has 0 fully saturated rings. The van der Waals surface area contributed by atoms with E-state index in [2.05, 4.69) is 16.0 Å². The first-order chi connectivity index (χ1) is 9.54. The minimum Gasteiger partial charge on any atom is -0.480 e. The zero-order valence-corrected chi connectivity index (χ0v) is 13.4. The Bertz CT molecular complexity index is 375. The highest BCUT2D eigenvalue weighted by molar-refractivity contribution is 5.83. The molecule has 1 atom stereocenters. The van der Waals surface area contributed by atoms with Gasteiger partial charge in [0.05, 0.1) is 0 Å². The van der Waals surface area contributed by atoms with E-state index in [-0.39, 0.29) is 18.9 Å². The van der Waals surface area contributed by atoms with Crippen molar-refractivity contribution in [3.8, 4) is 0 Å². The van der Waals surface area contributed by atoms with Gasteiger partial charge in [0.1, 0.15) is 6.04 Å². The Morgan fingerprint density at radius 3 is 2.10 bits per heavy atom. The fourth-order valence-electron chi connectivity index (χ4n) is 1.53. The van der Waals surface area contributed by atoms with E-state index in [9.17, 15) is 14.4 Å². The number of urea groups is 1. The van der Waals surface area contributed by atoms with Crippen LogP contribution in [0.2, 0.25) is 0 Å². The average Bonchev–Trinajstić information content (AvgIpc) is 2.31. The van der Waals surface area contributed by atoms with Crippen LogP contribution < -0.4 is 16.0 Å². The van der Waals surface area contributed by atoms with Crippen LogP contribution in [-0.4, -0.2) is 42.1 Å². The summed E-state index contributed by atoms with van der Waals surface area (Å²) in [5.74, 6) is -0.866. The maximum absolute atomic E-state index is 11.6. The van der Waals surface area contributed by atoms with Crippen LogP contribution in [0.1, 0.15) is 41.0 Å². The Hall–Kier alpha value is -1.79. The Kier molecular flexibility index (Phi) is 7.76. The second-order valence-electron chi connectivity index (χ2n) is 6.49. The fourth-order valence-corrected chi connectivity index (χ4v) is 1.53. The van der Waals surface area contributed by atoms with Crippen molar-refractivity contribution in [1.29, 1.82) is 0 Å². The molecule has 0 aromatic heterocycles. The lowest BCUT2D eigenvalue weighted by Gasteiger charge is -2.27. The van der Waals surface area contributed by atoms with E-state index in [1.807, 2.05) is 13.8 Å². The van der Waals surface area contributed by atoms with Crippen molar-refractivity contribution in [1.82, 2.24) is 16.0 Å². The number of aliphatic carboxylic acids is 1. The Balaban J connectivity index is 4.10. The molecule has 0 saturated carbocycles. The number of amides is 3. The zero-order valence-electron chi connectivity index (χ0n) is 13.4. The van der Waals surface area contributed by atoms with E-state index in [1.54, 1.807) is 20.8 Å². The molecule has 0 radical (unpaired) electrons. The maximum Gasteiger partial charge on any atom is 0.326 e. The molecule has 0 aromatic carbocycles. The number of nitrogens with one attached hydrogen (secondary N) is 3. The van der Waals surface area contributed by atoms with Crippen molar-refractivity contribution in [2.75, 3.05) is 13.1 Å². The minimum absolute atomic E-state index is 0.144. The van der Waals surface area contributed by atoms with Gasteiger partial charge in [-0.1, -0.05) is 34.6 Å². The largest absolute Gasteiger partial charge is 0.480 e. The van der Waals surface area contributed by atoms with Gasteiger partial charge in [0.25, 0.3) is 0 Å². The van der Waals surface area contributed by atoms with Crippen LogP contribution in [0.15, 0.2) is 0 Å². The third-order valence-corrected chi connectivity index (χ3v) is 2.73. The molecule has 21 heavy (non-hydrogen) atoms. The molecule has 7 heteroatoms. The molecule has 0 aliphatic heterocycles. The van der Waals surface area contributed by atoms with Crippen molar-refractivity contribution in [3.63, 3.8) is 0 Å². The van der Waals surface area contributed by atoms with Crippen molar-refractivity contribution < 1.29 is 19.5 Å². The molecular formula is C14H27N3O4. The van der Waals surface area contributed by atoms with Crippen molar-refractivity contribution in [2.45, 2.75) is 47.1 Å². The van der Waals surface area contributed by atoms with Gasteiger partial charge in [-0.2, -0.15) is 0 Å². The van der Waals surface area contributed by atoms with Gasteiger partial charge < -0.3 is 21.1 Å². The molecule has 4 N–H and O–H groups in total. The molecule has 0 aliphatic rings. The second-order valence-corrected chi connectivity index (χ2v) is 6.49. The van der Waals surface area contributed by atoms with Crippen LogP contribution in [0.25, 0.3) is 0 Å². The number of hydrogen-bond acceptors (Lipinski definition) is 3. The molecule has 0 rings (SSSR count). The number of carbonyl (C=O) groups excluding carboxylic acids is 2. The van der Waals surface area contributed by atoms with E-state index in [1.165, 1.54) is 0 Å². The summed E-state index contributed by atoms with van der Waals surface area (Å²) in [7, 11) is 0. The van der Waals surface area contributed by atoms with Crippen LogP contribution in [0.4, 0.5) is 4.79 Å². The Morgan fingerprint density at radius 1 is 1.10 bits per heavy atom. The summed E-state index contributed by atoms with van der Waals surface area (Å²) in [6.45, 7) is 9.92. The molecule has 0 unspecified atom stereocenters. The average molecular weight is 301 g/mol. The summed E-state index contributed by atoms with van der Waals surface area (Å²) in [6.07, 6.45) is 0.160. The van der Waals surface area contributed by atoms with Crippen LogP contribution in [0.5, 0.6) is 0 Å². The van der Waals surface area contributed by atoms with E-state index in [0.29, 0.717) is 12.5 Å². The lowest BCUT2D eigenvalue weighted by atomic mass is 9.87. The first kappa shape index (κ1) is 19.2. The van der Waals surface area contributed by atoms with Gasteiger partial charge in [0.15, 0.2) is 0 Å².